The van der Waals surface area contributed by atoms with Gasteiger partial charge in [-0.05, 0) is 24.3 Å². The van der Waals surface area contributed by atoms with Gasteiger partial charge in [0.2, 0.25) is 6.79 Å². The van der Waals surface area contributed by atoms with Crippen molar-refractivity contribution in [2.24, 2.45) is 0 Å². The third-order valence-electron chi connectivity index (χ3n) is 3.42. The molecule has 1 aromatic heterocycles. The van der Waals surface area contributed by atoms with E-state index in [4.69, 9.17) is 18.6 Å². The molecule has 3 aromatic rings. The lowest BCUT2D eigenvalue weighted by molar-refractivity contribution is 0.0730. The second-order valence-corrected chi connectivity index (χ2v) is 4.89. The van der Waals surface area contributed by atoms with Crippen molar-refractivity contribution in [3.05, 3.63) is 64.5 Å². The first-order valence-corrected chi connectivity index (χ1v) is 6.85. The second kappa shape index (κ2) is 5.17. The molecule has 23 heavy (non-hydrogen) atoms. The topological polar surface area (TPSA) is 75.0 Å². The van der Waals surface area contributed by atoms with Gasteiger partial charge >= 0.3 is 11.6 Å². The fourth-order valence-electron chi connectivity index (χ4n) is 2.31. The highest BCUT2D eigenvalue weighted by Crippen LogP contribution is 2.35. The molecule has 0 saturated heterocycles. The van der Waals surface area contributed by atoms with Gasteiger partial charge in [0.05, 0.1) is 0 Å². The molecule has 0 unspecified atom stereocenters. The van der Waals surface area contributed by atoms with Gasteiger partial charge < -0.3 is 18.6 Å². The van der Waals surface area contributed by atoms with E-state index in [9.17, 15) is 9.59 Å². The summed E-state index contributed by atoms with van der Waals surface area (Å²) in [4.78, 5) is 24.2. The highest BCUT2D eigenvalue weighted by atomic mass is 16.7. The van der Waals surface area contributed by atoms with E-state index in [1.54, 1.807) is 36.4 Å². The molecule has 2 aromatic carbocycles. The van der Waals surface area contributed by atoms with Gasteiger partial charge in [-0.3, -0.25) is 0 Å². The number of benzene rings is 2. The summed E-state index contributed by atoms with van der Waals surface area (Å²) in [6.07, 6.45) is 0. The highest BCUT2D eigenvalue weighted by Gasteiger charge is 2.19. The number of hydrogen-bond donors (Lipinski definition) is 0. The molecule has 0 N–H and O–H groups in total. The fourth-order valence-corrected chi connectivity index (χ4v) is 2.31. The summed E-state index contributed by atoms with van der Waals surface area (Å²) in [6.45, 7) is 0.126. The van der Waals surface area contributed by atoms with E-state index in [0.717, 1.165) is 0 Å². The van der Waals surface area contributed by atoms with Crippen LogP contribution in [-0.4, -0.2) is 12.8 Å². The van der Waals surface area contributed by atoms with E-state index < -0.39 is 11.6 Å². The van der Waals surface area contributed by atoms with Crippen molar-refractivity contribution in [3.63, 3.8) is 0 Å². The number of rotatable bonds is 2. The molecule has 0 atom stereocenters. The Balaban J connectivity index is 1.66. The molecule has 6 nitrogen and oxygen atoms in total. The SMILES string of the molecule is O=C(Oc1ccc2c(c1)OCO2)c1cc2ccccc2oc1=O. The van der Waals surface area contributed by atoms with E-state index in [1.165, 1.54) is 12.1 Å². The average molecular weight is 310 g/mol. The molecule has 0 fully saturated rings. The molecule has 0 aliphatic carbocycles. The summed E-state index contributed by atoms with van der Waals surface area (Å²) in [5.74, 6) is 0.533. The second-order valence-electron chi connectivity index (χ2n) is 4.89. The first-order chi connectivity index (χ1) is 11.2. The number of fused-ring (bicyclic) bond motifs is 2. The third-order valence-corrected chi connectivity index (χ3v) is 3.42. The molecule has 0 amide bonds. The van der Waals surface area contributed by atoms with Gasteiger partial charge in [-0.2, -0.15) is 0 Å². The normalized spacial score (nSPS) is 12.3. The molecular weight excluding hydrogens is 300 g/mol. The minimum absolute atomic E-state index is 0.126. The van der Waals surface area contributed by atoms with Gasteiger partial charge in [0.1, 0.15) is 16.9 Å². The minimum atomic E-state index is -0.789. The maximum Gasteiger partial charge on any atom is 0.351 e. The van der Waals surface area contributed by atoms with Crippen molar-refractivity contribution in [1.29, 1.82) is 0 Å². The molecule has 2 heterocycles. The summed E-state index contributed by atoms with van der Waals surface area (Å²) >= 11 is 0. The molecule has 4 rings (SSSR count). The Morgan fingerprint density at radius 2 is 1.83 bits per heavy atom. The quantitative estimate of drug-likeness (QED) is 0.411. The zero-order valence-corrected chi connectivity index (χ0v) is 11.8. The van der Waals surface area contributed by atoms with Crippen LogP contribution in [0, 0.1) is 0 Å². The zero-order valence-electron chi connectivity index (χ0n) is 11.8. The zero-order chi connectivity index (χ0) is 15.8. The van der Waals surface area contributed by atoms with Gasteiger partial charge in [0.15, 0.2) is 11.5 Å². The number of esters is 1. The van der Waals surface area contributed by atoms with E-state index in [1.807, 2.05) is 0 Å². The first kappa shape index (κ1) is 13.4. The minimum Gasteiger partial charge on any atom is -0.454 e. The smallest absolute Gasteiger partial charge is 0.351 e. The molecule has 0 saturated carbocycles. The van der Waals surface area contributed by atoms with Crippen molar-refractivity contribution < 1.29 is 23.4 Å². The van der Waals surface area contributed by atoms with Crippen LogP contribution in [0.5, 0.6) is 17.2 Å². The predicted octanol–water partition coefficient (Wildman–Crippen LogP) is 2.74. The Morgan fingerprint density at radius 3 is 2.74 bits per heavy atom. The third kappa shape index (κ3) is 2.40. The molecular formula is C17H10O6. The Kier molecular flexibility index (Phi) is 3.01. The van der Waals surface area contributed by atoms with Crippen LogP contribution in [0.2, 0.25) is 0 Å². The lowest BCUT2D eigenvalue weighted by atomic mass is 10.2. The number of carbonyl (C=O) groups is 1. The van der Waals surface area contributed by atoms with Crippen LogP contribution in [0.4, 0.5) is 0 Å². The van der Waals surface area contributed by atoms with Crippen LogP contribution in [0.25, 0.3) is 11.0 Å². The maximum absolute atomic E-state index is 12.2. The standard InChI is InChI=1S/C17H10O6/c18-16(22-11-5-6-14-15(8-11)21-9-20-14)12-7-10-3-1-2-4-13(10)23-17(12)19/h1-8H,9H2. The van der Waals surface area contributed by atoms with Crippen molar-refractivity contribution in [2.75, 3.05) is 6.79 Å². The summed E-state index contributed by atoms with van der Waals surface area (Å²) in [5, 5.41) is 0.643. The van der Waals surface area contributed by atoms with Crippen LogP contribution >= 0.6 is 0 Å². The van der Waals surface area contributed by atoms with Crippen molar-refractivity contribution in [3.8, 4) is 17.2 Å². The van der Waals surface area contributed by atoms with E-state index in [2.05, 4.69) is 0 Å². The Bertz CT molecular complexity index is 972. The van der Waals surface area contributed by atoms with Gasteiger partial charge in [-0.25, -0.2) is 9.59 Å². The molecule has 1 aliphatic heterocycles. The lowest BCUT2D eigenvalue weighted by Gasteiger charge is -2.05. The number of para-hydroxylation sites is 1. The number of hydrogen-bond acceptors (Lipinski definition) is 6. The molecule has 0 spiro atoms. The van der Waals surface area contributed by atoms with Gasteiger partial charge in [-0.1, -0.05) is 18.2 Å². The van der Waals surface area contributed by atoms with Crippen LogP contribution in [0.15, 0.2) is 57.7 Å². The number of carbonyl (C=O) groups excluding carboxylic acids is 1. The molecule has 0 bridgehead atoms. The van der Waals surface area contributed by atoms with Crippen molar-refractivity contribution in [1.82, 2.24) is 0 Å². The number of ether oxygens (including phenoxy) is 3. The van der Waals surface area contributed by atoms with Crippen LogP contribution in [-0.2, 0) is 0 Å². The molecule has 114 valence electrons. The van der Waals surface area contributed by atoms with E-state index in [0.29, 0.717) is 22.5 Å². The molecule has 6 heteroatoms. The highest BCUT2D eigenvalue weighted by molar-refractivity contribution is 5.94. The monoisotopic (exact) mass is 310 g/mol. The van der Waals surface area contributed by atoms with E-state index >= 15 is 0 Å². The van der Waals surface area contributed by atoms with Crippen molar-refractivity contribution in [2.45, 2.75) is 0 Å². The summed E-state index contributed by atoms with van der Waals surface area (Å²) in [5.41, 5.74) is -0.493. The van der Waals surface area contributed by atoms with Crippen LogP contribution in [0.3, 0.4) is 0 Å². The van der Waals surface area contributed by atoms with Gasteiger partial charge in [-0.15, -0.1) is 0 Å². The average Bonchev–Trinajstić information content (AvgIpc) is 3.01. The van der Waals surface area contributed by atoms with Crippen LogP contribution in [0.1, 0.15) is 10.4 Å². The molecule has 1 aliphatic rings. The summed E-state index contributed by atoms with van der Waals surface area (Å²) in [7, 11) is 0. The van der Waals surface area contributed by atoms with Gasteiger partial charge in [0, 0.05) is 11.5 Å². The van der Waals surface area contributed by atoms with E-state index in [-0.39, 0.29) is 18.1 Å². The van der Waals surface area contributed by atoms with Crippen molar-refractivity contribution >= 4 is 16.9 Å². The predicted molar refractivity (Wildman–Crippen MR) is 80.0 cm³/mol. The Labute approximate surface area is 129 Å². The Hall–Kier alpha value is -3.28. The van der Waals surface area contributed by atoms with Gasteiger partial charge in [0.25, 0.3) is 0 Å². The maximum atomic E-state index is 12.2. The first-order valence-electron chi connectivity index (χ1n) is 6.85. The largest absolute Gasteiger partial charge is 0.454 e. The molecule has 0 radical (unpaired) electrons. The van der Waals surface area contributed by atoms with Crippen LogP contribution < -0.4 is 19.8 Å². The lowest BCUT2D eigenvalue weighted by Crippen LogP contribution is -2.18. The fraction of sp³-hybridized carbons (Fsp3) is 0.0588. The summed E-state index contributed by atoms with van der Waals surface area (Å²) in [6, 6.07) is 13.1. The summed E-state index contributed by atoms with van der Waals surface area (Å²) < 4.78 is 20.7. The Morgan fingerprint density at radius 1 is 1.00 bits per heavy atom.